The Labute approximate surface area is 128 Å². The van der Waals surface area contributed by atoms with Gasteiger partial charge in [0, 0.05) is 17.8 Å². The zero-order chi connectivity index (χ0) is 14.6. The van der Waals surface area contributed by atoms with Crippen LogP contribution in [-0.4, -0.2) is 17.5 Å². The van der Waals surface area contributed by atoms with Crippen LogP contribution < -0.4 is 5.32 Å². The van der Waals surface area contributed by atoms with Crippen LogP contribution in [0.4, 0.5) is 0 Å². The van der Waals surface area contributed by atoms with Gasteiger partial charge in [0.15, 0.2) is 0 Å². The molecule has 1 aliphatic heterocycles. The Bertz CT molecular complexity index is 399. The molecule has 2 atom stereocenters. The third kappa shape index (κ3) is 4.26. The van der Waals surface area contributed by atoms with Gasteiger partial charge in [0.2, 0.25) is 0 Å². The SMILES string of the molecule is CC(C)CC(NC1CSCCC1(C)C)c1ccccc1. The van der Waals surface area contributed by atoms with Gasteiger partial charge in [-0.3, -0.25) is 0 Å². The molecule has 1 aromatic carbocycles. The maximum Gasteiger partial charge on any atom is 0.0325 e. The van der Waals surface area contributed by atoms with Crippen molar-refractivity contribution >= 4 is 11.8 Å². The molecule has 1 heterocycles. The number of hydrogen-bond acceptors (Lipinski definition) is 2. The summed E-state index contributed by atoms with van der Waals surface area (Å²) < 4.78 is 0. The van der Waals surface area contributed by atoms with E-state index in [1.807, 2.05) is 0 Å². The highest BCUT2D eigenvalue weighted by molar-refractivity contribution is 7.99. The fourth-order valence-electron chi connectivity index (χ4n) is 2.91. The molecule has 1 nitrogen and oxygen atoms in total. The van der Waals surface area contributed by atoms with E-state index in [1.165, 1.54) is 29.9 Å². The fourth-order valence-corrected chi connectivity index (χ4v) is 4.53. The van der Waals surface area contributed by atoms with Crippen molar-refractivity contribution in [3.63, 3.8) is 0 Å². The largest absolute Gasteiger partial charge is 0.306 e. The highest BCUT2D eigenvalue weighted by atomic mass is 32.2. The molecule has 0 saturated carbocycles. The summed E-state index contributed by atoms with van der Waals surface area (Å²) in [6.07, 6.45) is 2.53. The second kappa shape index (κ2) is 7.00. The normalized spacial score (nSPS) is 23.8. The number of nitrogens with one attached hydrogen (secondary N) is 1. The predicted octanol–water partition coefficient (Wildman–Crippen LogP) is 4.90. The molecule has 0 aliphatic carbocycles. The molecule has 112 valence electrons. The summed E-state index contributed by atoms with van der Waals surface area (Å²) in [5, 5.41) is 3.97. The minimum Gasteiger partial charge on any atom is -0.306 e. The molecule has 0 aromatic heterocycles. The second-order valence-electron chi connectivity index (χ2n) is 7.13. The van der Waals surface area contributed by atoms with Gasteiger partial charge < -0.3 is 5.32 Å². The van der Waals surface area contributed by atoms with Gasteiger partial charge in [-0.15, -0.1) is 0 Å². The van der Waals surface area contributed by atoms with Crippen LogP contribution in [0, 0.1) is 11.3 Å². The van der Waals surface area contributed by atoms with Gasteiger partial charge in [-0.1, -0.05) is 58.0 Å². The average molecular weight is 292 g/mol. The summed E-state index contributed by atoms with van der Waals surface area (Å²) >= 11 is 2.10. The molecule has 1 aromatic rings. The van der Waals surface area contributed by atoms with Crippen molar-refractivity contribution in [1.29, 1.82) is 0 Å². The van der Waals surface area contributed by atoms with Crippen LogP contribution in [0.5, 0.6) is 0 Å². The van der Waals surface area contributed by atoms with E-state index < -0.39 is 0 Å². The van der Waals surface area contributed by atoms with E-state index in [0.717, 1.165) is 0 Å². The molecular formula is C18H29NS. The van der Waals surface area contributed by atoms with Crippen molar-refractivity contribution in [3.05, 3.63) is 35.9 Å². The lowest BCUT2D eigenvalue weighted by atomic mass is 9.81. The van der Waals surface area contributed by atoms with Crippen LogP contribution in [-0.2, 0) is 0 Å². The summed E-state index contributed by atoms with van der Waals surface area (Å²) in [4.78, 5) is 0. The fraction of sp³-hybridized carbons (Fsp3) is 0.667. The Morgan fingerprint density at radius 2 is 1.95 bits per heavy atom. The highest BCUT2D eigenvalue weighted by Crippen LogP contribution is 2.36. The van der Waals surface area contributed by atoms with E-state index in [-0.39, 0.29) is 0 Å². The maximum absolute atomic E-state index is 3.97. The van der Waals surface area contributed by atoms with Crippen molar-refractivity contribution in [1.82, 2.24) is 5.32 Å². The Hall–Kier alpha value is -0.470. The van der Waals surface area contributed by atoms with Crippen molar-refractivity contribution in [2.24, 2.45) is 11.3 Å². The van der Waals surface area contributed by atoms with Crippen LogP contribution in [0.15, 0.2) is 30.3 Å². The van der Waals surface area contributed by atoms with Crippen LogP contribution in [0.25, 0.3) is 0 Å². The van der Waals surface area contributed by atoms with Crippen LogP contribution >= 0.6 is 11.8 Å². The smallest absolute Gasteiger partial charge is 0.0325 e. The zero-order valence-electron chi connectivity index (χ0n) is 13.4. The molecule has 1 aliphatic rings. The standard InChI is InChI=1S/C18H29NS/c1-14(2)12-16(15-8-6-5-7-9-15)19-17-13-20-11-10-18(17,3)4/h5-9,14,16-17,19H,10-13H2,1-4H3. The van der Waals surface area contributed by atoms with Crippen molar-refractivity contribution in [2.75, 3.05) is 11.5 Å². The van der Waals surface area contributed by atoms with E-state index in [2.05, 4.69) is 75.1 Å². The summed E-state index contributed by atoms with van der Waals surface area (Å²) in [6.45, 7) is 9.47. The molecule has 0 radical (unpaired) electrons. The van der Waals surface area contributed by atoms with E-state index >= 15 is 0 Å². The van der Waals surface area contributed by atoms with Crippen molar-refractivity contribution in [3.8, 4) is 0 Å². The number of hydrogen-bond donors (Lipinski definition) is 1. The Kier molecular flexibility index (Phi) is 5.57. The van der Waals surface area contributed by atoms with Crippen LogP contribution in [0.2, 0.25) is 0 Å². The van der Waals surface area contributed by atoms with E-state index in [4.69, 9.17) is 0 Å². The lowest BCUT2D eigenvalue weighted by Crippen LogP contribution is -2.48. The monoisotopic (exact) mass is 291 g/mol. The van der Waals surface area contributed by atoms with Gasteiger partial charge in [0.25, 0.3) is 0 Å². The highest BCUT2D eigenvalue weighted by Gasteiger charge is 2.34. The lowest BCUT2D eigenvalue weighted by Gasteiger charge is -2.41. The topological polar surface area (TPSA) is 12.0 Å². The minimum absolute atomic E-state index is 0.412. The van der Waals surface area contributed by atoms with E-state index in [1.54, 1.807) is 0 Å². The lowest BCUT2D eigenvalue weighted by molar-refractivity contribution is 0.219. The number of benzene rings is 1. The van der Waals surface area contributed by atoms with E-state index in [9.17, 15) is 0 Å². The third-order valence-electron chi connectivity index (χ3n) is 4.43. The van der Waals surface area contributed by atoms with Gasteiger partial charge in [0.1, 0.15) is 0 Å². The molecule has 1 saturated heterocycles. The molecular weight excluding hydrogens is 262 g/mol. The minimum atomic E-state index is 0.412. The van der Waals surface area contributed by atoms with Crippen LogP contribution in [0.1, 0.15) is 52.1 Å². The molecule has 0 amide bonds. The molecule has 1 fully saturated rings. The molecule has 20 heavy (non-hydrogen) atoms. The summed E-state index contributed by atoms with van der Waals surface area (Å²) in [7, 11) is 0. The first-order chi connectivity index (χ1) is 9.49. The van der Waals surface area contributed by atoms with Crippen molar-refractivity contribution < 1.29 is 0 Å². The Morgan fingerprint density at radius 3 is 2.55 bits per heavy atom. The molecule has 1 N–H and O–H groups in total. The third-order valence-corrected chi connectivity index (χ3v) is 5.49. The summed E-state index contributed by atoms with van der Waals surface area (Å²) in [5.41, 5.74) is 1.85. The number of rotatable bonds is 5. The predicted molar refractivity (Wildman–Crippen MR) is 91.3 cm³/mol. The second-order valence-corrected chi connectivity index (χ2v) is 8.28. The van der Waals surface area contributed by atoms with Gasteiger partial charge in [-0.25, -0.2) is 0 Å². The zero-order valence-corrected chi connectivity index (χ0v) is 14.2. The van der Waals surface area contributed by atoms with Gasteiger partial charge in [0.05, 0.1) is 0 Å². The summed E-state index contributed by atoms with van der Waals surface area (Å²) in [6, 6.07) is 12.1. The Balaban J connectivity index is 2.11. The average Bonchev–Trinajstić information content (AvgIpc) is 2.40. The van der Waals surface area contributed by atoms with Crippen LogP contribution in [0.3, 0.4) is 0 Å². The molecule has 2 heteroatoms. The molecule has 0 spiro atoms. The molecule has 2 unspecified atom stereocenters. The Morgan fingerprint density at radius 1 is 1.25 bits per heavy atom. The molecule has 0 bridgehead atoms. The molecule has 2 rings (SSSR count). The summed E-state index contributed by atoms with van der Waals surface area (Å²) in [5.74, 6) is 3.27. The van der Waals surface area contributed by atoms with Crippen molar-refractivity contribution in [2.45, 2.75) is 52.6 Å². The first-order valence-electron chi connectivity index (χ1n) is 7.88. The van der Waals surface area contributed by atoms with Gasteiger partial charge in [-0.05, 0) is 35.5 Å². The maximum atomic E-state index is 3.97. The quantitative estimate of drug-likeness (QED) is 0.828. The van der Waals surface area contributed by atoms with Gasteiger partial charge >= 0.3 is 0 Å². The first-order valence-corrected chi connectivity index (χ1v) is 9.03. The first kappa shape index (κ1) is 15.9. The number of thioether (sulfide) groups is 1. The van der Waals surface area contributed by atoms with E-state index in [0.29, 0.717) is 23.4 Å². The van der Waals surface area contributed by atoms with Gasteiger partial charge in [-0.2, -0.15) is 11.8 Å².